The lowest BCUT2D eigenvalue weighted by Crippen LogP contribution is -2.42. The summed E-state index contributed by atoms with van der Waals surface area (Å²) in [7, 11) is 0. The Morgan fingerprint density at radius 2 is 2.32 bits per heavy atom. The van der Waals surface area contributed by atoms with E-state index in [0.29, 0.717) is 12.8 Å². The number of nitrogens with two attached hydrogens (primary N) is 1. The van der Waals surface area contributed by atoms with E-state index < -0.39 is 16.9 Å². The lowest BCUT2D eigenvalue weighted by Gasteiger charge is -2.17. The quantitative estimate of drug-likeness (QED) is 0.359. The molecule has 0 fully saturated rings. The molecule has 0 heterocycles. The van der Waals surface area contributed by atoms with Crippen LogP contribution in [0.2, 0.25) is 5.02 Å². The summed E-state index contributed by atoms with van der Waals surface area (Å²) in [4.78, 5) is 21.5. The number of nitro groups is 1. The van der Waals surface area contributed by atoms with E-state index in [0.717, 1.165) is 0 Å². The molecule has 1 aromatic rings. The maximum atomic E-state index is 11.5. The molecule has 1 unspecified atom stereocenters. The van der Waals surface area contributed by atoms with Gasteiger partial charge in [0.2, 0.25) is 0 Å². The van der Waals surface area contributed by atoms with Crippen molar-refractivity contribution in [3.63, 3.8) is 0 Å². The second kappa shape index (κ2) is 6.91. The molecule has 8 heteroatoms. The Hall–Kier alpha value is -1.86. The third-order valence-corrected chi connectivity index (χ3v) is 2.68. The number of benzene rings is 1. The van der Waals surface area contributed by atoms with Crippen molar-refractivity contribution in [1.82, 2.24) is 5.43 Å². The molecule has 1 atom stereocenters. The highest BCUT2D eigenvalue weighted by molar-refractivity contribution is 6.32. The molecule has 1 amide bonds. The van der Waals surface area contributed by atoms with Crippen LogP contribution in [0.4, 0.5) is 5.69 Å². The van der Waals surface area contributed by atoms with Gasteiger partial charge in [0.05, 0.1) is 9.95 Å². The molecule has 0 aliphatic heterocycles. The van der Waals surface area contributed by atoms with Crippen LogP contribution in [0.3, 0.4) is 0 Å². The van der Waals surface area contributed by atoms with E-state index in [9.17, 15) is 14.9 Å². The molecule has 19 heavy (non-hydrogen) atoms. The van der Waals surface area contributed by atoms with Gasteiger partial charge < -0.3 is 4.74 Å². The van der Waals surface area contributed by atoms with Crippen molar-refractivity contribution < 1.29 is 14.5 Å². The zero-order valence-electron chi connectivity index (χ0n) is 10.3. The summed E-state index contributed by atoms with van der Waals surface area (Å²) in [6, 6.07) is 3.78. The molecule has 1 aromatic carbocycles. The predicted octanol–water partition coefficient (Wildman–Crippen LogP) is 1.79. The normalized spacial score (nSPS) is 11.7. The molecule has 0 saturated heterocycles. The minimum Gasteiger partial charge on any atom is -0.479 e. The number of carbonyl (C=O) groups excluding carboxylic acids is 1. The fourth-order valence-electron chi connectivity index (χ4n) is 1.45. The van der Waals surface area contributed by atoms with E-state index in [2.05, 4.69) is 0 Å². The monoisotopic (exact) mass is 287 g/mol. The molecular formula is C11H14ClN3O4. The number of hydrogen-bond acceptors (Lipinski definition) is 5. The minimum atomic E-state index is -0.783. The first kappa shape index (κ1) is 15.2. The number of nitrogens with one attached hydrogen (secondary N) is 1. The van der Waals surface area contributed by atoms with Crippen LogP contribution in [0.1, 0.15) is 19.8 Å². The lowest BCUT2D eigenvalue weighted by molar-refractivity contribution is -0.384. The number of ether oxygens (including phenoxy) is 1. The molecule has 0 radical (unpaired) electrons. The molecular weight excluding hydrogens is 274 g/mol. The Morgan fingerprint density at radius 3 is 2.79 bits per heavy atom. The van der Waals surface area contributed by atoms with Crippen molar-refractivity contribution in [3.8, 4) is 5.75 Å². The Labute approximate surface area is 114 Å². The largest absolute Gasteiger partial charge is 0.479 e. The summed E-state index contributed by atoms with van der Waals surface area (Å²) >= 11 is 5.87. The maximum Gasteiger partial charge on any atom is 0.274 e. The van der Waals surface area contributed by atoms with E-state index in [-0.39, 0.29) is 16.5 Å². The Bertz CT molecular complexity index is 481. The molecule has 0 aromatic heterocycles. The SMILES string of the molecule is CCCC(Oc1ccc([N+](=O)[O-])cc1Cl)C(=O)NN. The number of nitro benzene ring substituents is 1. The first-order valence-corrected chi connectivity index (χ1v) is 5.98. The topological polar surface area (TPSA) is 107 Å². The van der Waals surface area contributed by atoms with Crippen molar-refractivity contribution in [1.29, 1.82) is 0 Å². The molecule has 0 saturated carbocycles. The van der Waals surface area contributed by atoms with Gasteiger partial charge in [-0.2, -0.15) is 0 Å². The Balaban J connectivity index is 2.90. The summed E-state index contributed by atoms with van der Waals surface area (Å²) < 4.78 is 5.43. The van der Waals surface area contributed by atoms with Gasteiger partial charge in [0, 0.05) is 12.1 Å². The summed E-state index contributed by atoms with van der Waals surface area (Å²) in [5.41, 5.74) is 1.86. The molecule has 0 aliphatic carbocycles. The van der Waals surface area contributed by atoms with Gasteiger partial charge >= 0.3 is 0 Å². The van der Waals surface area contributed by atoms with Crippen LogP contribution in [-0.2, 0) is 4.79 Å². The molecule has 7 nitrogen and oxygen atoms in total. The molecule has 0 bridgehead atoms. The smallest absolute Gasteiger partial charge is 0.274 e. The van der Waals surface area contributed by atoms with Gasteiger partial charge in [-0.05, 0) is 12.5 Å². The van der Waals surface area contributed by atoms with Gasteiger partial charge in [0.15, 0.2) is 6.10 Å². The van der Waals surface area contributed by atoms with Crippen LogP contribution in [0.5, 0.6) is 5.75 Å². The number of amides is 1. The van der Waals surface area contributed by atoms with E-state index >= 15 is 0 Å². The van der Waals surface area contributed by atoms with Gasteiger partial charge in [-0.15, -0.1) is 0 Å². The zero-order chi connectivity index (χ0) is 14.4. The molecule has 104 valence electrons. The fraction of sp³-hybridized carbons (Fsp3) is 0.364. The highest BCUT2D eigenvalue weighted by atomic mass is 35.5. The molecule has 3 N–H and O–H groups in total. The van der Waals surface area contributed by atoms with Gasteiger partial charge in [-0.3, -0.25) is 20.3 Å². The summed E-state index contributed by atoms with van der Waals surface area (Å²) in [5, 5.41) is 10.6. The standard InChI is InChI=1S/C11H14ClN3O4/c1-2-3-10(11(16)14-13)19-9-5-4-7(15(17)18)6-8(9)12/h4-6,10H,2-3,13H2,1H3,(H,14,16). The average Bonchev–Trinajstić information content (AvgIpc) is 2.39. The number of rotatable bonds is 6. The summed E-state index contributed by atoms with van der Waals surface area (Å²) in [5.74, 6) is 4.78. The predicted molar refractivity (Wildman–Crippen MR) is 69.8 cm³/mol. The van der Waals surface area contributed by atoms with Crippen molar-refractivity contribution in [3.05, 3.63) is 33.3 Å². The highest BCUT2D eigenvalue weighted by Crippen LogP contribution is 2.29. The van der Waals surface area contributed by atoms with Crippen LogP contribution in [0.25, 0.3) is 0 Å². The number of non-ortho nitro benzene ring substituents is 1. The van der Waals surface area contributed by atoms with E-state index in [4.69, 9.17) is 22.2 Å². The second-order valence-corrected chi connectivity index (χ2v) is 4.18. The van der Waals surface area contributed by atoms with Crippen molar-refractivity contribution >= 4 is 23.2 Å². The van der Waals surface area contributed by atoms with Gasteiger partial charge in [-0.25, -0.2) is 5.84 Å². The van der Waals surface area contributed by atoms with Crippen LogP contribution < -0.4 is 16.0 Å². The summed E-state index contributed by atoms with van der Waals surface area (Å²) in [6.07, 6.45) is 0.382. The number of hydrogen-bond donors (Lipinski definition) is 2. The number of carbonyl (C=O) groups is 1. The Kier molecular flexibility index (Phi) is 5.53. The minimum absolute atomic E-state index is 0.0696. The maximum absolute atomic E-state index is 11.5. The van der Waals surface area contributed by atoms with Crippen LogP contribution >= 0.6 is 11.6 Å². The third-order valence-electron chi connectivity index (χ3n) is 2.38. The van der Waals surface area contributed by atoms with Crippen molar-refractivity contribution in [2.45, 2.75) is 25.9 Å². The van der Waals surface area contributed by atoms with Crippen LogP contribution in [0.15, 0.2) is 18.2 Å². The fourth-order valence-corrected chi connectivity index (χ4v) is 1.67. The third kappa shape index (κ3) is 4.08. The van der Waals surface area contributed by atoms with E-state index in [1.165, 1.54) is 18.2 Å². The first-order valence-electron chi connectivity index (χ1n) is 5.60. The average molecular weight is 288 g/mol. The lowest BCUT2D eigenvalue weighted by atomic mass is 10.2. The number of hydrazine groups is 1. The number of nitrogens with zero attached hydrogens (tertiary/aromatic N) is 1. The zero-order valence-corrected chi connectivity index (χ0v) is 11.0. The van der Waals surface area contributed by atoms with Crippen LogP contribution in [-0.4, -0.2) is 16.9 Å². The van der Waals surface area contributed by atoms with E-state index in [1.54, 1.807) is 0 Å². The Morgan fingerprint density at radius 1 is 1.63 bits per heavy atom. The molecule has 0 spiro atoms. The van der Waals surface area contributed by atoms with Crippen molar-refractivity contribution in [2.24, 2.45) is 5.84 Å². The second-order valence-electron chi connectivity index (χ2n) is 3.78. The molecule has 1 rings (SSSR count). The number of halogens is 1. The van der Waals surface area contributed by atoms with Gasteiger partial charge in [-0.1, -0.05) is 24.9 Å². The first-order chi connectivity index (χ1) is 8.99. The molecule has 0 aliphatic rings. The summed E-state index contributed by atoms with van der Waals surface area (Å²) in [6.45, 7) is 1.89. The van der Waals surface area contributed by atoms with Crippen LogP contribution in [0, 0.1) is 10.1 Å². The van der Waals surface area contributed by atoms with Crippen molar-refractivity contribution in [2.75, 3.05) is 0 Å². The van der Waals surface area contributed by atoms with E-state index in [1.807, 2.05) is 12.3 Å². The van der Waals surface area contributed by atoms with Gasteiger partial charge in [0.1, 0.15) is 5.75 Å². The highest BCUT2D eigenvalue weighted by Gasteiger charge is 2.20. The van der Waals surface area contributed by atoms with Gasteiger partial charge in [0.25, 0.3) is 11.6 Å².